The average Bonchev–Trinajstić information content (AvgIpc) is 3.24. The molecule has 7 nitrogen and oxygen atoms in total. The summed E-state index contributed by atoms with van der Waals surface area (Å²) in [5.41, 5.74) is 1.35. The van der Waals surface area contributed by atoms with Gasteiger partial charge in [-0.25, -0.2) is 9.97 Å². The highest BCUT2D eigenvalue weighted by molar-refractivity contribution is 5.79. The van der Waals surface area contributed by atoms with Crippen molar-refractivity contribution < 1.29 is 4.79 Å². The SMILES string of the molecule is O=C(Cn1cnc2ccccc2c1=O)N[C@@H](Cc1ncc[nH]1)c1ccccc1. The van der Waals surface area contributed by atoms with E-state index in [-0.39, 0.29) is 24.1 Å². The number of fused-ring (bicyclic) bond motifs is 1. The molecule has 4 aromatic rings. The van der Waals surface area contributed by atoms with Crippen LogP contribution in [0.25, 0.3) is 10.9 Å². The highest BCUT2D eigenvalue weighted by atomic mass is 16.2. The summed E-state index contributed by atoms with van der Waals surface area (Å²) in [4.78, 5) is 36.9. The van der Waals surface area contributed by atoms with E-state index >= 15 is 0 Å². The minimum atomic E-state index is -0.264. The highest BCUT2D eigenvalue weighted by Crippen LogP contribution is 2.16. The molecule has 28 heavy (non-hydrogen) atoms. The Kier molecular flexibility index (Phi) is 4.97. The molecule has 1 atom stereocenters. The fourth-order valence-corrected chi connectivity index (χ4v) is 3.15. The molecule has 0 spiro atoms. The van der Waals surface area contributed by atoms with E-state index in [1.807, 2.05) is 36.4 Å². The number of nitrogens with one attached hydrogen (secondary N) is 2. The zero-order valence-corrected chi connectivity index (χ0v) is 15.1. The van der Waals surface area contributed by atoms with Gasteiger partial charge in [0.05, 0.1) is 23.3 Å². The Hall–Kier alpha value is -3.74. The van der Waals surface area contributed by atoms with Crippen LogP contribution in [0.1, 0.15) is 17.4 Å². The van der Waals surface area contributed by atoms with Gasteiger partial charge in [0.15, 0.2) is 0 Å². The number of rotatable bonds is 6. The second-order valence-electron chi connectivity index (χ2n) is 6.47. The van der Waals surface area contributed by atoms with E-state index < -0.39 is 0 Å². The van der Waals surface area contributed by atoms with Gasteiger partial charge in [0.25, 0.3) is 5.56 Å². The zero-order valence-electron chi connectivity index (χ0n) is 15.1. The molecule has 2 heterocycles. The van der Waals surface area contributed by atoms with Crippen molar-refractivity contribution in [1.29, 1.82) is 0 Å². The molecule has 140 valence electrons. The third-order valence-electron chi connectivity index (χ3n) is 4.53. The van der Waals surface area contributed by atoms with Crippen molar-refractivity contribution in [3.05, 3.63) is 95.1 Å². The second-order valence-corrected chi connectivity index (χ2v) is 6.47. The lowest BCUT2D eigenvalue weighted by atomic mass is 10.0. The van der Waals surface area contributed by atoms with Crippen LogP contribution in [0.15, 0.2) is 78.1 Å². The van der Waals surface area contributed by atoms with Gasteiger partial charge in [-0.15, -0.1) is 0 Å². The molecule has 0 bridgehead atoms. The van der Waals surface area contributed by atoms with Gasteiger partial charge in [-0.05, 0) is 17.7 Å². The summed E-state index contributed by atoms with van der Waals surface area (Å²) in [6.07, 6.45) is 5.36. The van der Waals surface area contributed by atoms with E-state index in [1.165, 1.54) is 10.9 Å². The van der Waals surface area contributed by atoms with Crippen LogP contribution in [0.4, 0.5) is 0 Å². The molecule has 0 radical (unpaired) electrons. The first-order chi connectivity index (χ1) is 13.7. The third-order valence-corrected chi connectivity index (χ3v) is 4.53. The number of aromatic amines is 1. The van der Waals surface area contributed by atoms with Crippen molar-refractivity contribution in [3.63, 3.8) is 0 Å². The first-order valence-corrected chi connectivity index (χ1v) is 8.97. The van der Waals surface area contributed by atoms with E-state index in [2.05, 4.69) is 20.3 Å². The molecule has 0 fully saturated rings. The van der Waals surface area contributed by atoms with Crippen LogP contribution >= 0.6 is 0 Å². The van der Waals surface area contributed by atoms with Crippen LogP contribution in [0, 0.1) is 0 Å². The van der Waals surface area contributed by atoms with Crippen molar-refractivity contribution in [3.8, 4) is 0 Å². The average molecular weight is 373 g/mol. The van der Waals surface area contributed by atoms with Crippen LogP contribution < -0.4 is 10.9 Å². The first kappa shape index (κ1) is 17.7. The Morgan fingerprint density at radius 2 is 1.86 bits per heavy atom. The quantitative estimate of drug-likeness (QED) is 0.542. The number of H-pyrrole nitrogens is 1. The van der Waals surface area contributed by atoms with Crippen LogP contribution in [-0.4, -0.2) is 25.4 Å². The monoisotopic (exact) mass is 373 g/mol. The molecule has 4 rings (SSSR count). The number of amides is 1. The Bertz CT molecular complexity index is 1140. The number of carbonyl (C=O) groups is 1. The number of carbonyl (C=O) groups excluding carboxylic acids is 1. The lowest BCUT2D eigenvalue weighted by molar-refractivity contribution is -0.122. The first-order valence-electron chi connectivity index (χ1n) is 8.97. The predicted octanol–water partition coefficient (Wildman–Crippen LogP) is 2.22. The topological polar surface area (TPSA) is 92.7 Å². The van der Waals surface area contributed by atoms with Crippen LogP contribution in [0.5, 0.6) is 0 Å². The fourth-order valence-electron chi connectivity index (χ4n) is 3.15. The van der Waals surface area contributed by atoms with Gasteiger partial charge in [-0.3, -0.25) is 14.2 Å². The summed E-state index contributed by atoms with van der Waals surface area (Å²) < 4.78 is 1.33. The fraction of sp³-hybridized carbons (Fsp3) is 0.143. The van der Waals surface area contributed by atoms with Crippen molar-refractivity contribution in [2.24, 2.45) is 0 Å². The summed E-state index contributed by atoms with van der Waals surface area (Å²) in [7, 11) is 0. The molecular weight excluding hydrogens is 354 g/mol. The molecule has 0 saturated heterocycles. The van der Waals surface area contributed by atoms with Gasteiger partial charge < -0.3 is 10.3 Å². The van der Waals surface area contributed by atoms with Crippen molar-refractivity contribution in [1.82, 2.24) is 24.8 Å². The lowest BCUT2D eigenvalue weighted by Gasteiger charge is -2.19. The normalized spacial score (nSPS) is 12.0. The summed E-state index contributed by atoms with van der Waals surface area (Å²) in [6.45, 7) is -0.0991. The van der Waals surface area contributed by atoms with Gasteiger partial charge >= 0.3 is 0 Å². The Labute approximate surface area is 161 Å². The molecule has 0 unspecified atom stereocenters. The van der Waals surface area contributed by atoms with Gasteiger partial charge in [0.2, 0.25) is 5.91 Å². The smallest absolute Gasteiger partial charge is 0.261 e. The van der Waals surface area contributed by atoms with Crippen LogP contribution in [-0.2, 0) is 17.8 Å². The number of hydrogen-bond donors (Lipinski definition) is 2. The van der Waals surface area contributed by atoms with Crippen molar-refractivity contribution >= 4 is 16.8 Å². The molecule has 0 saturated carbocycles. The Morgan fingerprint density at radius 3 is 2.64 bits per heavy atom. The molecule has 0 aliphatic rings. The Balaban J connectivity index is 1.55. The summed E-state index contributed by atoms with van der Waals surface area (Å²) in [6, 6.07) is 16.5. The number of aromatic nitrogens is 4. The molecule has 0 aliphatic carbocycles. The zero-order chi connectivity index (χ0) is 19.3. The number of benzene rings is 2. The van der Waals surface area contributed by atoms with Crippen LogP contribution in [0.2, 0.25) is 0 Å². The second kappa shape index (κ2) is 7.87. The number of imidazole rings is 1. The maximum atomic E-state index is 12.7. The molecular formula is C21H19N5O2. The standard InChI is InChI=1S/C21H19N5O2/c27-20(13-26-14-24-17-9-5-4-8-16(17)21(26)28)25-18(12-19-22-10-11-23-19)15-6-2-1-3-7-15/h1-11,14,18H,12-13H2,(H,22,23)(H,25,27)/t18-/m0/s1. The maximum absolute atomic E-state index is 12.7. The van der Waals surface area contributed by atoms with E-state index in [9.17, 15) is 9.59 Å². The van der Waals surface area contributed by atoms with Crippen molar-refractivity contribution in [2.45, 2.75) is 19.0 Å². The Morgan fingerprint density at radius 1 is 1.07 bits per heavy atom. The molecule has 1 amide bonds. The van der Waals surface area contributed by atoms with Gasteiger partial charge in [-0.1, -0.05) is 42.5 Å². The van der Waals surface area contributed by atoms with E-state index in [1.54, 1.807) is 30.6 Å². The van der Waals surface area contributed by atoms with E-state index in [4.69, 9.17) is 0 Å². The number of hydrogen-bond acceptors (Lipinski definition) is 4. The highest BCUT2D eigenvalue weighted by Gasteiger charge is 2.17. The maximum Gasteiger partial charge on any atom is 0.261 e. The molecule has 0 aliphatic heterocycles. The summed E-state index contributed by atoms with van der Waals surface area (Å²) in [5, 5.41) is 3.50. The minimum absolute atomic E-state index is 0.0991. The minimum Gasteiger partial charge on any atom is -0.349 e. The number of para-hydroxylation sites is 1. The van der Waals surface area contributed by atoms with Crippen LogP contribution in [0.3, 0.4) is 0 Å². The predicted molar refractivity (Wildman–Crippen MR) is 106 cm³/mol. The molecule has 2 N–H and O–H groups in total. The number of nitrogens with zero attached hydrogens (tertiary/aromatic N) is 3. The van der Waals surface area contributed by atoms with E-state index in [0.717, 1.165) is 11.4 Å². The molecule has 7 heteroatoms. The lowest BCUT2D eigenvalue weighted by Crippen LogP contribution is -2.35. The van der Waals surface area contributed by atoms with Gasteiger partial charge in [-0.2, -0.15) is 0 Å². The summed E-state index contributed by atoms with van der Waals surface area (Å²) >= 11 is 0. The largest absolute Gasteiger partial charge is 0.349 e. The third kappa shape index (κ3) is 3.83. The summed E-state index contributed by atoms with van der Waals surface area (Å²) in [5.74, 6) is 0.512. The van der Waals surface area contributed by atoms with Crippen molar-refractivity contribution in [2.75, 3.05) is 0 Å². The molecule has 2 aromatic heterocycles. The molecule has 2 aromatic carbocycles. The van der Waals surface area contributed by atoms with Gasteiger partial charge in [0, 0.05) is 18.8 Å². The van der Waals surface area contributed by atoms with Gasteiger partial charge in [0.1, 0.15) is 12.4 Å². The van der Waals surface area contributed by atoms with E-state index in [0.29, 0.717) is 17.3 Å².